The normalized spacial score (nSPS) is 10.2. The van der Waals surface area contributed by atoms with Crippen molar-refractivity contribution in [3.63, 3.8) is 0 Å². The summed E-state index contributed by atoms with van der Waals surface area (Å²) in [7, 11) is 0. The lowest BCUT2D eigenvalue weighted by atomic mass is 10.1. The van der Waals surface area contributed by atoms with E-state index in [1.807, 2.05) is 26.8 Å². The third kappa shape index (κ3) is 3.50. The van der Waals surface area contributed by atoms with E-state index in [1.165, 1.54) is 0 Å². The highest BCUT2D eigenvalue weighted by atomic mass is 16.5. The van der Waals surface area contributed by atoms with E-state index in [9.17, 15) is 9.59 Å². The summed E-state index contributed by atoms with van der Waals surface area (Å²) in [4.78, 5) is 23.0. The molecule has 0 fully saturated rings. The summed E-state index contributed by atoms with van der Waals surface area (Å²) in [5.41, 5.74) is 1.33. The molecule has 0 amide bonds. The molecule has 86 valence electrons. The van der Waals surface area contributed by atoms with Crippen LogP contribution >= 0.6 is 0 Å². The lowest BCUT2D eigenvalue weighted by Crippen LogP contribution is -2.19. The second kappa shape index (κ2) is 5.45. The summed E-state index contributed by atoms with van der Waals surface area (Å²) in [6.07, 6.45) is 0. The molecule has 0 bridgehead atoms. The number of rotatable bonds is 4. The van der Waals surface area contributed by atoms with E-state index >= 15 is 0 Å². The van der Waals surface area contributed by atoms with Gasteiger partial charge in [-0.3, -0.25) is 4.79 Å². The minimum atomic E-state index is -0.778. The molecular weight excluding hydrogens is 204 g/mol. The Bertz CT molecular complexity index is 394. The van der Waals surface area contributed by atoms with Gasteiger partial charge in [-0.05, 0) is 18.9 Å². The maximum Gasteiger partial charge on any atom is 0.379 e. The first-order chi connectivity index (χ1) is 7.50. The van der Waals surface area contributed by atoms with Crippen LogP contribution in [0, 0.1) is 12.8 Å². The molecule has 3 nitrogen and oxygen atoms in total. The van der Waals surface area contributed by atoms with Crippen LogP contribution in [0.25, 0.3) is 0 Å². The molecular formula is C13H16O3. The average molecular weight is 220 g/mol. The van der Waals surface area contributed by atoms with E-state index in [2.05, 4.69) is 0 Å². The molecule has 1 rings (SSSR count). The van der Waals surface area contributed by atoms with Crippen LogP contribution in [0.15, 0.2) is 24.3 Å². The standard InChI is InChI=1S/C13H16O3/c1-9(2)8-16-13(15)12(14)11-6-4-5-10(3)7-11/h4-7,9H,8H2,1-3H3. The Labute approximate surface area is 95.4 Å². The molecule has 0 aliphatic rings. The molecule has 0 saturated heterocycles. The van der Waals surface area contributed by atoms with E-state index in [0.29, 0.717) is 5.56 Å². The van der Waals surface area contributed by atoms with Gasteiger partial charge in [0.1, 0.15) is 0 Å². The molecule has 0 unspecified atom stereocenters. The largest absolute Gasteiger partial charge is 0.459 e. The lowest BCUT2D eigenvalue weighted by Gasteiger charge is -2.06. The first kappa shape index (κ1) is 12.4. The van der Waals surface area contributed by atoms with Crippen LogP contribution in [0.4, 0.5) is 0 Å². The summed E-state index contributed by atoms with van der Waals surface area (Å²) in [5.74, 6) is -1.13. The minimum absolute atomic E-state index is 0.231. The molecule has 16 heavy (non-hydrogen) atoms. The molecule has 0 aromatic heterocycles. The molecule has 0 radical (unpaired) electrons. The molecule has 1 aromatic carbocycles. The van der Waals surface area contributed by atoms with Gasteiger partial charge in [-0.25, -0.2) is 4.79 Å². The fourth-order valence-electron chi connectivity index (χ4n) is 1.21. The van der Waals surface area contributed by atoms with Gasteiger partial charge in [-0.2, -0.15) is 0 Å². The average Bonchev–Trinajstić information content (AvgIpc) is 2.24. The van der Waals surface area contributed by atoms with E-state index in [1.54, 1.807) is 18.2 Å². The molecule has 0 saturated carbocycles. The summed E-state index contributed by atoms with van der Waals surface area (Å²) in [5, 5.41) is 0. The van der Waals surface area contributed by atoms with Crippen molar-refractivity contribution in [2.45, 2.75) is 20.8 Å². The molecule has 0 aliphatic heterocycles. The Kier molecular flexibility index (Phi) is 4.23. The molecule has 0 spiro atoms. The van der Waals surface area contributed by atoms with Crippen molar-refractivity contribution < 1.29 is 14.3 Å². The molecule has 0 heterocycles. The summed E-state index contributed by atoms with van der Waals surface area (Å²) >= 11 is 0. The molecule has 0 atom stereocenters. The highest BCUT2D eigenvalue weighted by Crippen LogP contribution is 2.06. The van der Waals surface area contributed by atoms with Gasteiger partial charge in [0.25, 0.3) is 5.78 Å². The maximum atomic E-state index is 11.6. The lowest BCUT2D eigenvalue weighted by molar-refractivity contribution is -0.139. The topological polar surface area (TPSA) is 43.4 Å². The monoisotopic (exact) mass is 220 g/mol. The number of carbonyl (C=O) groups excluding carboxylic acids is 2. The van der Waals surface area contributed by atoms with E-state index in [4.69, 9.17) is 4.74 Å². The van der Waals surface area contributed by atoms with Crippen LogP contribution < -0.4 is 0 Å². The van der Waals surface area contributed by atoms with Gasteiger partial charge in [-0.1, -0.05) is 37.6 Å². The highest BCUT2D eigenvalue weighted by molar-refractivity contribution is 6.40. The number of aryl methyl sites for hydroxylation is 1. The van der Waals surface area contributed by atoms with Crippen LogP contribution in [-0.2, 0) is 9.53 Å². The number of hydrogen-bond donors (Lipinski definition) is 0. The molecule has 0 N–H and O–H groups in total. The first-order valence-electron chi connectivity index (χ1n) is 5.29. The van der Waals surface area contributed by atoms with Gasteiger partial charge >= 0.3 is 5.97 Å². The predicted molar refractivity (Wildman–Crippen MR) is 61.3 cm³/mol. The number of ether oxygens (including phenoxy) is 1. The smallest absolute Gasteiger partial charge is 0.379 e. The zero-order valence-corrected chi connectivity index (χ0v) is 9.82. The van der Waals surface area contributed by atoms with Crippen molar-refractivity contribution in [1.82, 2.24) is 0 Å². The van der Waals surface area contributed by atoms with Crippen molar-refractivity contribution in [2.75, 3.05) is 6.61 Å². The molecule has 1 aromatic rings. The van der Waals surface area contributed by atoms with Gasteiger partial charge in [-0.15, -0.1) is 0 Å². The Morgan fingerprint density at radius 3 is 2.56 bits per heavy atom. The van der Waals surface area contributed by atoms with Crippen molar-refractivity contribution in [3.8, 4) is 0 Å². The second-order valence-electron chi connectivity index (χ2n) is 4.19. The Balaban J connectivity index is 2.67. The Morgan fingerprint density at radius 2 is 2.00 bits per heavy atom. The van der Waals surface area contributed by atoms with Gasteiger partial charge in [0.2, 0.25) is 0 Å². The maximum absolute atomic E-state index is 11.6. The van der Waals surface area contributed by atoms with E-state index in [-0.39, 0.29) is 12.5 Å². The quantitative estimate of drug-likeness (QED) is 0.444. The Morgan fingerprint density at radius 1 is 1.31 bits per heavy atom. The van der Waals surface area contributed by atoms with Gasteiger partial charge in [0.15, 0.2) is 0 Å². The zero-order chi connectivity index (χ0) is 12.1. The van der Waals surface area contributed by atoms with Gasteiger partial charge in [0, 0.05) is 5.56 Å². The third-order valence-corrected chi connectivity index (χ3v) is 2.01. The molecule has 3 heteroatoms. The number of esters is 1. The van der Waals surface area contributed by atoms with E-state index < -0.39 is 11.8 Å². The van der Waals surface area contributed by atoms with Crippen LogP contribution in [0.1, 0.15) is 29.8 Å². The highest BCUT2D eigenvalue weighted by Gasteiger charge is 2.17. The van der Waals surface area contributed by atoms with Crippen molar-refractivity contribution in [2.24, 2.45) is 5.92 Å². The summed E-state index contributed by atoms with van der Waals surface area (Å²) in [6.45, 7) is 5.99. The first-order valence-corrected chi connectivity index (χ1v) is 5.29. The van der Waals surface area contributed by atoms with E-state index in [0.717, 1.165) is 5.56 Å². The van der Waals surface area contributed by atoms with Crippen LogP contribution in [0.5, 0.6) is 0 Å². The molecule has 0 aliphatic carbocycles. The van der Waals surface area contributed by atoms with Crippen LogP contribution in [0.3, 0.4) is 0 Å². The summed E-state index contributed by atoms with van der Waals surface area (Å²) in [6, 6.07) is 6.92. The number of carbonyl (C=O) groups is 2. The van der Waals surface area contributed by atoms with Crippen molar-refractivity contribution in [1.29, 1.82) is 0 Å². The van der Waals surface area contributed by atoms with Crippen LogP contribution in [0.2, 0.25) is 0 Å². The fraction of sp³-hybridized carbons (Fsp3) is 0.385. The number of ketones is 1. The number of benzene rings is 1. The number of hydrogen-bond acceptors (Lipinski definition) is 3. The van der Waals surface area contributed by atoms with Gasteiger partial charge in [0.05, 0.1) is 6.61 Å². The second-order valence-corrected chi connectivity index (χ2v) is 4.19. The number of Topliss-reactive ketones (excluding diaryl/α,β-unsaturated/α-hetero) is 1. The third-order valence-electron chi connectivity index (χ3n) is 2.01. The minimum Gasteiger partial charge on any atom is -0.459 e. The SMILES string of the molecule is Cc1cccc(C(=O)C(=O)OCC(C)C)c1. The van der Waals surface area contributed by atoms with Gasteiger partial charge < -0.3 is 4.74 Å². The van der Waals surface area contributed by atoms with Crippen LogP contribution in [-0.4, -0.2) is 18.4 Å². The predicted octanol–water partition coefficient (Wildman–Crippen LogP) is 2.38. The summed E-state index contributed by atoms with van der Waals surface area (Å²) < 4.78 is 4.87. The Hall–Kier alpha value is -1.64. The van der Waals surface area contributed by atoms with Crippen molar-refractivity contribution in [3.05, 3.63) is 35.4 Å². The fourth-order valence-corrected chi connectivity index (χ4v) is 1.21. The zero-order valence-electron chi connectivity index (χ0n) is 9.82. The van der Waals surface area contributed by atoms with Crippen molar-refractivity contribution >= 4 is 11.8 Å².